The molecule has 26 heavy (non-hydrogen) atoms. The van der Waals surface area contributed by atoms with Crippen molar-refractivity contribution in [2.45, 2.75) is 43.7 Å². The van der Waals surface area contributed by atoms with Crippen LogP contribution in [0.4, 0.5) is 0 Å². The van der Waals surface area contributed by atoms with Crippen LogP contribution < -0.4 is 5.32 Å². The van der Waals surface area contributed by atoms with Gasteiger partial charge in [-0.2, -0.15) is 0 Å². The maximum absolute atomic E-state index is 10.2. The molecule has 0 amide bonds. The van der Waals surface area contributed by atoms with E-state index >= 15 is 0 Å². The predicted octanol–water partition coefficient (Wildman–Crippen LogP) is 1.73. The van der Waals surface area contributed by atoms with E-state index in [0.717, 1.165) is 12.1 Å². The first-order chi connectivity index (χ1) is 12.3. The second kappa shape index (κ2) is 10.9. The van der Waals surface area contributed by atoms with Crippen molar-refractivity contribution in [3.8, 4) is 0 Å². The van der Waals surface area contributed by atoms with E-state index in [1.165, 1.54) is 32.1 Å². The van der Waals surface area contributed by atoms with Crippen molar-refractivity contribution in [3.63, 3.8) is 0 Å². The number of aliphatic carboxylic acids is 2. The molecule has 146 valence electrons. The number of carboxylic acid groups (broad SMARTS) is 2. The van der Waals surface area contributed by atoms with Crippen LogP contribution >= 0.6 is 0 Å². The van der Waals surface area contributed by atoms with Gasteiger partial charge in [0.05, 0.1) is 6.10 Å². The number of hydrogen-bond acceptors (Lipinski definition) is 5. The lowest BCUT2D eigenvalue weighted by atomic mass is 9.80. The number of benzene rings is 1. The lowest BCUT2D eigenvalue weighted by Gasteiger charge is -2.43. The van der Waals surface area contributed by atoms with Crippen LogP contribution in [0.3, 0.4) is 0 Å². The molecule has 2 rings (SSSR count). The van der Waals surface area contributed by atoms with Gasteiger partial charge in [0.15, 0.2) is 0 Å². The first-order valence-electron chi connectivity index (χ1n) is 8.86. The minimum absolute atomic E-state index is 0.272. The molecule has 1 atom stereocenters. The lowest BCUT2D eigenvalue weighted by molar-refractivity contribution is -0.159. The standard InChI is InChI=1S/C17H28N2O.C2H2O4/c1-19(2)17(11-7-4-8-12-17)14-18-13-16(20)15-9-5-3-6-10-15;3-1(4)2(5)6/h3,5-6,9-10,16,18,20H,4,7-8,11-14H2,1-2H3;(H,3,4)(H,5,6). The summed E-state index contributed by atoms with van der Waals surface area (Å²) in [6.07, 6.45) is 6.10. The molecule has 1 saturated carbocycles. The molecule has 0 spiro atoms. The fourth-order valence-electron chi connectivity index (χ4n) is 3.23. The Bertz CT molecular complexity index is 544. The number of carboxylic acids is 2. The Balaban J connectivity index is 0.000000487. The minimum atomic E-state index is -1.82. The van der Waals surface area contributed by atoms with E-state index in [1.54, 1.807) is 0 Å². The number of aliphatic hydroxyl groups is 1. The van der Waals surface area contributed by atoms with E-state index in [1.807, 2.05) is 30.3 Å². The van der Waals surface area contributed by atoms with Crippen LogP contribution in [0.1, 0.15) is 43.8 Å². The summed E-state index contributed by atoms with van der Waals surface area (Å²) in [6.45, 7) is 1.59. The third kappa shape index (κ3) is 7.11. The number of nitrogens with one attached hydrogen (secondary N) is 1. The van der Waals surface area contributed by atoms with Crippen LogP contribution in [0.25, 0.3) is 0 Å². The van der Waals surface area contributed by atoms with Gasteiger partial charge in [0.1, 0.15) is 0 Å². The van der Waals surface area contributed by atoms with Gasteiger partial charge in [0.2, 0.25) is 0 Å². The molecule has 1 aliphatic rings. The van der Waals surface area contributed by atoms with Crippen LogP contribution in [0.5, 0.6) is 0 Å². The molecule has 0 saturated heterocycles. The third-order valence-corrected chi connectivity index (χ3v) is 4.89. The summed E-state index contributed by atoms with van der Waals surface area (Å²) in [5, 5.41) is 28.5. The van der Waals surface area contributed by atoms with E-state index in [-0.39, 0.29) is 5.54 Å². The molecule has 1 unspecified atom stereocenters. The van der Waals surface area contributed by atoms with Gasteiger partial charge in [-0.05, 0) is 32.5 Å². The molecular weight excluding hydrogens is 336 g/mol. The highest BCUT2D eigenvalue weighted by Crippen LogP contribution is 2.31. The Hall–Kier alpha value is -1.96. The van der Waals surface area contributed by atoms with Gasteiger partial charge in [-0.25, -0.2) is 9.59 Å². The summed E-state index contributed by atoms with van der Waals surface area (Å²) in [7, 11) is 4.36. The van der Waals surface area contributed by atoms with Gasteiger partial charge in [0.25, 0.3) is 0 Å². The predicted molar refractivity (Wildman–Crippen MR) is 99.0 cm³/mol. The first-order valence-corrected chi connectivity index (χ1v) is 8.86. The van der Waals surface area contributed by atoms with Crippen LogP contribution in [-0.4, -0.2) is 64.9 Å². The summed E-state index contributed by atoms with van der Waals surface area (Å²) in [5.41, 5.74) is 1.26. The minimum Gasteiger partial charge on any atom is -0.473 e. The zero-order chi connectivity index (χ0) is 19.6. The van der Waals surface area contributed by atoms with Crippen LogP contribution in [-0.2, 0) is 9.59 Å². The van der Waals surface area contributed by atoms with Crippen molar-refractivity contribution >= 4 is 11.9 Å². The summed E-state index contributed by atoms with van der Waals surface area (Å²) < 4.78 is 0. The molecule has 7 heteroatoms. The van der Waals surface area contributed by atoms with Crippen molar-refractivity contribution in [1.82, 2.24) is 10.2 Å². The van der Waals surface area contributed by atoms with Crippen molar-refractivity contribution in [1.29, 1.82) is 0 Å². The van der Waals surface area contributed by atoms with Gasteiger partial charge >= 0.3 is 11.9 Å². The molecule has 0 aromatic heterocycles. The van der Waals surface area contributed by atoms with E-state index in [0.29, 0.717) is 6.54 Å². The maximum Gasteiger partial charge on any atom is 0.414 e. The lowest BCUT2D eigenvalue weighted by Crippen LogP contribution is -2.53. The number of nitrogens with zero attached hydrogens (tertiary/aromatic N) is 1. The summed E-state index contributed by atoms with van der Waals surface area (Å²) in [6, 6.07) is 9.89. The van der Waals surface area contributed by atoms with Gasteiger partial charge in [-0.1, -0.05) is 49.6 Å². The zero-order valence-electron chi connectivity index (χ0n) is 15.5. The van der Waals surface area contributed by atoms with Crippen molar-refractivity contribution in [2.75, 3.05) is 27.2 Å². The SMILES string of the molecule is CN(C)C1(CNCC(O)c2ccccc2)CCCCC1.O=C(O)C(=O)O. The van der Waals surface area contributed by atoms with Crippen LogP contribution in [0.15, 0.2) is 30.3 Å². The van der Waals surface area contributed by atoms with Crippen LogP contribution in [0.2, 0.25) is 0 Å². The highest BCUT2D eigenvalue weighted by atomic mass is 16.4. The second-order valence-electron chi connectivity index (χ2n) is 6.85. The molecule has 1 fully saturated rings. The maximum atomic E-state index is 10.2. The Morgan fingerprint density at radius 3 is 2.08 bits per heavy atom. The summed E-state index contributed by atoms with van der Waals surface area (Å²) in [5.74, 6) is -3.65. The monoisotopic (exact) mass is 366 g/mol. The zero-order valence-corrected chi connectivity index (χ0v) is 15.5. The first kappa shape index (κ1) is 22.1. The number of aliphatic hydroxyl groups excluding tert-OH is 1. The molecule has 0 heterocycles. The van der Waals surface area contributed by atoms with E-state index in [9.17, 15) is 5.11 Å². The Kier molecular flexibility index (Phi) is 9.26. The molecule has 1 aliphatic carbocycles. The molecule has 1 aromatic rings. The average Bonchev–Trinajstić information content (AvgIpc) is 2.63. The van der Waals surface area contributed by atoms with Gasteiger partial charge < -0.3 is 25.5 Å². The summed E-state index contributed by atoms with van der Waals surface area (Å²) in [4.78, 5) is 20.6. The topological polar surface area (TPSA) is 110 Å². The fourth-order valence-corrected chi connectivity index (χ4v) is 3.23. The Morgan fingerprint density at radius 1 is 1.08 bits per heavy atom. The smallest absolute Gasteiger partial charge is 0.414 e. The molecule has 1 aromatic carbocycles. The summed E-state index contributed by atoms with van der Waals surface area (Å²) >= 11 is 0. The largest absolute Gasteiger partial charge is 0.473 e. The molecule has 0 aliphatic heterocycles. The second-order valence-corrected chi connectivity index (χ2v) is 6.85. The van der Waals surface area contributed by atoms with E-state index in [2.05, 4.69) is 24.3 Å². The van der Waals surface area contributed by atoms with Crippen molar-refractivity contribution < 1.29 is 24.9 Å². The van der Waals surface area contributed by atoms with E-state index in [4.69, 9.17) is 19.8 Å². The van der Waals surface area contributed by atoms with Crippen LogP contribution in [0, 0.1) is 0 Å². The van der Waals surface area contributed by atoms with Gasteiger partial charge in [0, 0.05) is 18.6 Å². The van der Waals surface area contributed by atoms with Crippen molar-refractivity contribution in [2.24, 2.45) is 0 Å². The Labute approximate surface area is 154 Å². The average molecular weight is 366 g/mol. The highest BCUT2D eigenvalue weighted by molar-refractivity contribution is 6.27. The number of hydrogen-bond donors (Lipinski definition) is 4. The van der Waals surface area contributed by atoms with Gasteiger partial charge in [-0.3, -0.25) is 0 Å². The molecule has 7 nitrogen and oxygen atoms in total. The highest BCUT2D eigenvalue weighted by Gasteiger charge is 2.33. The number of likely N-dealkylation sites (N-methyl/N-ethyl adjacent to an activating group) is 1. The molecule has 4 N–H and O–H groups in total. The van der Waals surface area contributed by atoms with Gasteiger partial charge in [-0.15, -0.1) is 0 Å². The molecular formula is C19H30N2O5. The Morgan fingerprint density at radius 2 is 1.62 bits per heavy atom. The van der Waals surface area contributed by atoms with E-state index < -0.39 is 18.0 Å². The molecule has 0 radical (unpaired) electrons. The van der Waals surface area contributed by atoms with Crippen molar-refractivity contribution in [3.05, 3.63) is 35.9 Å². The number of carbonyl (C=O) groups is 2. The quantitative estimate of drug-likeness (QED) is 0.568. The molecule has 0 bridgehead atoms. The fraction of sp³-hybridized carbons (Fsp3) is 0.579. The third-order valence-electron chi connectivity index (χ3n) is 4.89. The number of rotatable bonds is 6. The normalized spacial score (nSPS) is 17.1.